The number of fused-ring (bicyclic) bond motifs is 1. The largest absolute Gasteiger partial charge is 0.423 e. The van der Waals surface area contributed by atoms with Gasteiger partial charge in [-0.05, 0) is 43.4 Å². The van der Waals surface area contributed by atoms with Crippen molar-refractivity contribution in [1.29, 1.82) is 0 Å². The van der Waals surface area contributed by atoms with Gasteiger partial charge >= 0.3 is 12.2 Å². The summed E-state index contributed by atoms with van der Waals surface area (Å²) in [4.78, 5) is 13.4. The smallest absolute Gasteiger partial charge is 0.359 e. The Morgan fingerprint density at radius 3 is 2.60 bits per heavy atom. The summed E-state index contributed by atoms with van der Waals surface area (Å²) in [6, 6.07) is 3.49. The number of halogens is 4. The number of nitrogens with zero attached hydrogens (tertiary/aromatic N) is 1. The Morgan fingerprint density at radius 2 is 2.04 bits per heavy atom. The number of carbonyl (C=O) groups excluding carboxylic acids is 1. The fourth-order valence-electron chi connectivity index (χ4n) is 2.94. The van der Waals surface area contributed by atoms with Crippen LogP contribution in [0.25, 0.3) is 0 Å². The average molecular weight is 377 g/mol. The number of nitrogens with one attached hydrogen (secondary N) is 1. The summed E-state index contributed by atoms with van der Waals surface area (Å²) in [7, 11) is 0. The SMILES string of the molecule is CCN1CC(OCC2(C)CC2)(C(F)(F)F)c2cc(Cl)ccc2NC1=O. The lowest BCUT2D eigenvalue weighted by Crippen LogP contribution is -2.53. The van der Waals surface area contributed by atoms with E-state index in [0.717, 1.165) is 17.7 Å². The first-order valence-corrected chi connectivity index (χ1v) is 8.55. The van der Waals surface area contributed by atoms with Gasteiger partial charge < -0.3 is 15.0 Å². The van der Waals surface area contributed by atoms with Crippen LogP contribution in [0.2, 0.25) is 5.02 Å². The number of amides is 2. The molecule has 1 unspecified atom stereocenters. The van der Waals surface area contributed by atoms with Crippen molar-refractivity contribution in [2.75, 3.05) is 25.0 Å². The molecule has 25 heavy (non-hydrogen) atoms. The second-order valence-electron chi connectivity index (χ2n) is 7.06. The minimum absolute atomic E-state index is 0.0236. The number of likely N-dealkylation sites (N-methyl/N-ethyl adjacent to an activating group) is 1. The zero-order chi connectivity index (χ0) is 18.5. The molecule has 2 amide bonds. The van der Waals surface area contributed by atoms with Gasteiger partial charge in [-0.2, -0.15) is 13.2 Å². The van der Waals surface area contributed by atoms with E-state index in [1.807, 2.05) is 6.92 Å². The van der Waals surface area contributed by atoms with E-state index in [2.05, 4.69) is 5.32 Å². The molecule has 0 saturated heterocycles. The van der Waals surface area contributed by atoms with Gasteiger partial charge in [0.25, 0.3) is 0 Å². The van der Waals surface area contributed by atoms with E-state index in [1.165, 1.54) is 18.2 Å². The minimum Gasteiger partial charge on any atom is -0.359 e. The lowest BCUT2D eigenvalue weighted by molar-refractivity contribution is -0.290. The predicted molar refractivity (Wildman–Crippen MR) is 88.7 cm³/mol. The summed E-state index contributed by atoms with van der Waals surface area (Å²) in [5.74, 6) is 0. The highest BCUT2D eigenvalue weighted by molar-refractivity contribution is 6.30. The standard InChI is InChI=1S/C17H20ClF3N2O2/c1-3-23-9-16(17(19,20)21,25-10-15(2)6-7-15)12-8-11(18)4-5-13(12)22-14(23)24/h4-5,8H,3,6-7,9-10H2,1-2H3,(H,22,24). The predicted octanol–water partition coefficient (Wildman–Crippen LogP) is 4.78. The Morgan fingerprint density at radius 1 is 1.36 bits per heavy atom. The molecule has 1 fully saturated rings. The first kappa shape index (κ1) is 18.3. The molecule has 1 saturated carbocycles. The van der Waals surface area contributed by atoms with Gasteiger partial charge in [-0.3, -0.25) is 0 Å². The molecule has 1 aromatic carbocycles. The van der Waals surface area contributed by atoms with Gasteiger partial charge in [0, 0.05) is 22.8 Å². The molecule has 0 radical (unpaired) electrons. The Balaban J connectivity index is 2.14. The molecule has 0 spiro atoms. The van der Waals surface area contributed by atoms with Crippen molar-refractivity contribution in [2.24, 2.45) is 5.41 Å². The Kier molecular flexibility index (Phi) is 4.44. The number of alkyl halides is 3. The normalized spacial score (nSPS) is 25.2. The summed E-state index contributed by atoms with van der Waals surface area (Å²) in [5, 5.41) is 2.70. The lowest BCUT2D eigenvalue weighted by atomic mass is 9.90. The van der Waals surface area contributed by atoms with Crippen LogP contribution in [0.3, 0.4) is 0 Å². The maximum atomic E-state index is 14.3. The molecule has 4 nitrogen and oxygen atoms in total. The first-order valence-electron chi connectivity index (χ1n) is 8.17. The number of carbonyl (C=O) groups is 1. The third-order valence-corrected chi connectivity index (χ3v) is 5.20. The number of benzene rings is 1. The second-order valence-corrected chi connectivity index (χ2v) is 7.49. The van der Waals surface area contributed by atoms with Gasteiger partial charge in [0.15, 0.2) is 0 Å². The Hall–Kier alpha value is -1.47. The van der Waals surface area contributed by atoms with E-state index >= 15 is 0 Å². The van der Waals surface area contributed by atoms with Crippen LogP contribution in [-0.2, 0) is 10.3 Å². The third-order valence-electron chi connectivity index (χ3n) is 4.97. The number of ether oxygens (including phenoxy) is 1. The highest BCUT2D eigenvalue weighted by Gasteiger charge is 2.61. The van der Waals surface area contributed by atoms with Crippen molar-refractivity contribution in [3.63, 3.8) is 0 Å². The van der Waals surface area contributed by atoms with E-state index in [-0.39, 0.29) is 34.8 Å². The monoisotopic (exact) mass is 376 g/mol. The van der Waals surface area contributed by atoms with Crippen LogP contribution >= 0.6 is 11.6 Å². The van der Waals surface area contributed by atoms with Crippen molar-refractivity contribution in [3.05, 3.63) is 28.8 Å². The van der Waals surface area contributed by atoms with Crippen molar-refractivity contribution < 1.29 is 22.7 Å². The number of hydrogen-bond acceptors (Lipinski definition) is 2. The van der Waals surface area contributed by atoms with Gasteiger partial charge in [-0.15, -0.1) is 0 Å². The fraction of sp³-hybridized carbons (Fsp3) is 0.588. The number of urea groups is 1. The summed E-state index contributed by atoms with van der Waals surface area (Å²) in [5.41, 5.74) is -2.93. The molecule has 138 valence electrons. The quantitative estimate of drug-likeness (QED) is 0.821. The van der Waals surface area contributed by atoms with E-state index in [1.54, 1.807) is 6.92 Å². The van der Waals surface area contributed by atoms with Crippen LogP contribution in [0.5, 0.6) is 0 Å². The maximum Gasteiger partial charge on any atom is 0.423 e. The number of hydrogen-bond donors (Lipinski definition) is 1. The Labute approximate surface area is 149 Å². The van der Waals surface area contributed by atoms with Crippen LogP contribution < -0.4 is 5.32 Å². The topological polar surface area (TPSA) is 41.6 Å². The molecule has 0 bridgehead atoms. The van der Waals surface area contributed by atoms with Crippen LogP contribution in [0, 0.1) is 5.41 Å². The molecular weight excluding hydrogens is 357 g/mol. The van der Waals surface area contributed by atoms with Crippen molar-refractivity contribution in [3.8, 4) is 0 Å². The van der Waals surface area contributed by atoms with Gasteiger partial charge in [0.05, 0.1) is 13.2 Å². The van der Waals surface area contributed by atoms with Gasteiger partial charge in [-0.1, -0.05) is 18.5 Å². The second kappa shape index (κ2) is 6.06. The van der Waals surface area contributed by atoms with Crippen molar-refractivity contribution in [2.45, 2.75) is 38.5 Å². The zero-order valence-electron chi connectivity index (χ0n) is 14.0. The van der Waals surface area contributed by atoms with E-state index in [9.17, 15) is 18.0 Å². The molecule has 1 atom stereocenters. The molecule has 8 heteroatoms. The molecule has 1 aliphatic heterocycles. The van der Waals surface area contributed by atoms with Crippen LogP contribution in [0.4, 0.5) is 23.7 Å². The van der Waals surface area contributed by atoms with Crippen LogP contribution in [-0.4, -0.2) is 36.8 Å². The molecule has 1 aromatic rings. The summed E-state index contributed by atoms with van der Waals surface area (Å²) in [6.07, 6.45) is -3.05. The summed E-state index contributed by atoms with van der Waals surface area (Å²) in [6.45, 7) is 3.03. The lowest BCUT2D eigenvalue weighted by Gasteiger charge is -2.38. The van der Waals surface area contributed by atoms with E-state index in [4.69, 9.17) is 16.3 Å². The zero-order valence-corrected chi connectivity index (χ0v) is 14.8. The maximum absolute atomic E-state index is 14.3. The average Bonchev–Trinajstić information content (AvgIpc) is 3.27. The van der Waals surface area contributed by atoms with Crippen LogP contribution in [0.15, 0.2) is 18.2 Å². The highest BCUT2D eigenvalue weighted by atomic mass is 35.5. The van der Waals surface area contributed by atoms with Gasteiger partial charge in [0.1, 0.15) is 0 Å². The molecule has 1 N–H and O–H groups in total. The summed E-state index contributed by atoms with van der Waals surface area (Å²) >= 11 is 5.97. The van der Waals surface area contributed by atoms with Crippen LogP contribution in [0.1, 0.15) is 32.3 Å². The summed E-state index contributed by atoms with van der Waals surface area (Å²) < 4.78 is 48.4. The fourth-order valence-corrected chi connectivity index (χ4v) is 3.11. The molecule has 2 aliphatic rings. The van der Waals surface area contributed by atoms with Gasteiger partial charge in [0.2, 0.25) is 5.60 Å². The molecular formula is C17H20ClF3N2O2. The first-order chi connectivity index (χ1) is 11.6. The minimum atomic E-state index is -4.71. The van der Waals surface area contributed by atoms with E-state index < -0.39 is 24.4 Å². The number of rotatable bonds is 4. The Bertz CT molecular complexity index is 691. The van der Waals surface area contributed by atoms with E-state index in [0.29, 0.717) is 0 Å². The van der Waals surface area contributed by atoms with Crippen molar-refractivity contribution >= 4 is 23.3 Å². The molecule has 3 rings (SSSR count). The van der Waals surface area contributed by atoms with Gasteiger partial charge in [-0.25, -0.2) is 4.79 Å². The molecule has 1 heterocycles. The highest BCUT2D eigenvalue weighted by Crippen LogP contribution is 2.51. The third kappa shape index (κ3) is 3.31. The molecule has 1 aliphatic carbocycles. The molecule has 0 aromatic heterocycles. The van der Waals surface area contributed by atoms with Crippen molar-refractivity contribution in [1.82, 2.24) is 4.90 Å². The number of anilines is 1.